The molecule has 0 saturated heterocycles. The number of carbonyl (C=O) groups is 1. The third-order valence-corrected chi connectivity index (χ3v) is 1.77. The number of aromatic nitrogens is 1. The van der Waals surface area contributed by atoms with Crippen LogP contribution in [0.5, 0.6) is 5.88 Å². The van der Waals surface area contributed by atoms with Crippen molar-refractivity contribution in [2.45, 2.75) is 6.92 Å². The molecule has 1 N–H and O–H groups in total. The molecular formula is C10H10ClNO3. The van der Waals surface area contributed by atoms with E-state index in [2.05, 4.69) is 4.98 Å². The summed E-state index contributed by atoms with van der Waals surface area (Å²) in [6.45, 7) is 2.19. The number of rotatable bonds is 4. The van der Waals surface area contributed by atoms with Gasteiger partial charge in [0.1, 0.15) is 11.8 Å². The summed E-state index contributed by atoms with van der Waals surface area (Å²) in [6, 6.07) is 2.60. The first-order valence-corrected chi connectivity index (χ1v) is 4.66. The molecule has 0 spiro atoms. The standard InChI is InChI=1S/C10H10ClNO3/c1-2-3-4-15-9-6-7(10(13)14)5-8(11)12-9/h2-3,5-6H,4H2,1H3,(H,13,14). The topological polar surface area (TPSA) is 59.4 Å². The first-order chi connectivity index (χ1) is 7.13. The Balaban J connectivity index is 2.84. The maximum atomic E-state index is 10.7. The molecule has 0 aliphatic carbocycles. The van der Waals surface area contributed by atoms with Gasteiger partial charge in [-0.05, 0) is 13.0 Å². The molecule has 0 aromatic carbocycles. The number of carboxylic acid groups (broad SMARTS) is 1. The normalized spacial score (nSPS) is 10.5. The van der Waals surface area contributed by atoms with Gasteiger partial charge < -0.3 is 9.84 Å². The molecule has 1 aromatic rings. The van der Waals surface area contributed by atoms with E-state index in [0.717, 1.165) is 0 Å². The second kappa shape index (κ2) is 5.36. The number of aromatic carboxylic acids is 1. The second-order valence-corrected chi connectivity index (χ2v) is 3.09. The van der Waals surface area contributed by atoms with Crippen molar-refractivity contribution in [3.05, 3.63) is 35.0 Å². The lowest BCUT2D eigenvalue weighted by molar-refractivity contribution is 0.0696. The highest BCUT2D eigenvalue weighted by atomic mass is 35.5. The van der Waals surface area contributed by atoms with E-state index >= 15 is 0 Å². The van der Waals surface area contributed by atoms with Crippen LogP contribution in [-0.2, 0) is 0 Å². The van der Waals surface area contributed by atoms with Crippen LogP contribution >= 0.6 is 11.6 Å². The zero-order valence-electron chi connectivity index (χ0n) is 8.11. The third kappa shape index (κ3) is 3.59. The van der Waals surface area contributed by atoms with Crippen molar-refractivity contribution < 1.29 is 14.6 Å². The number of halogens is 1. The predicted molar refractivity (Wildman–Crippen MR) is 56.5 cm³/mol. The highest BCUT2D eigenvalue weighted by Gasteiger charge is 2.07. The molecule has 0 bridgehead atoms. The molecule has 80 valence electrons. The molecular weight excluding hydrogens is 218 g/mol. The van der Waals surface area contributed by atoms with Crippen molar-refractivity contribution in [3.8, 4) is 5.88 Å². The summed E-state index contributed by atoms with van der Waals surface area (Å²) in [5.74, 6) is -0.854. The molecule has 15 heavy (non-hydrogen) atoms. The fourth-order valence-corrected chi connectivity index (χ4v) is 1.10. The summed E-state index contributed by atoms with van der Waals surface area (Å²) < 4.78 is 5.17. The molecule has 0 saturated carbocycles. The number of hydrogen-bond donors (Lipinski definition) is 1. The van der Waals surface area contributed by atoms with Crippen LogP contribution in [-0.4, -0.2) is 22.7 Å². The first-order valence-electron chi connectivity index (χ1n) is 4.28. The lowest BCUT2D eigenvalue weighted by Crippen LogP contribution is -2.01. The summed E-state index contributed by atoms with van der Waals surface area (Å²) in [6.07, 6.45) is 3.60. The average Bonchev–Trinajstić information content (AvgIpc) is 2.17. The van der Waals surface area contributed by atoms with E-state index in [4.69, 9.17) is 21.4 Å². The van der Waals surface area contributed by atoms with Crippen molar-refractivity contribution in [2.75, 3.05) is 6.61 Å². The van der Waals surface area contributed by atoms with E-state index in [-0.39, 0.29) is 16.6 Å². The molecule has 0 fully saturated rings. The van der Waals surface area contributed by atoms with Crippen LogP contribution in [0.4, 0.5) is 0 Å². The summed E-state index contributed by atoms with van der Waals surface area (Å²) in [4.78, 5) is 14.5. The Morgan fingerprint density at radius 2 is 2.40 bits per heavy atom. The maximum Gasteiger partial charge on any atom is 0.335 e. The Morgan fingerprint density at radius 1 is 1.67 bits per heavy atom. The van der Waals surface area contributed by atoms with Crippen molar-refractivity contribution in [1.82, 2.24) is 4.98 Å². The number of nitrogens with zero attached hydrogens (tertiary/aromatic N) is 1. The minimum absolute atomic E-state index is 0.0606. The van der Waals surface area contributed by atoms with Crippen LogP contribution in [0.3, 0.4) is 0 Å². The summed E-state index contributed by atoms with van der Waals surface area (Å²) in [7, 11) is 0. The van der Waals surface area contributed by atoms with Gasteiger partial charge >= 0.3 is 5.97 Å². The largest absolute Gasteiger partial charge is 0.478 e. The quantitative estimate of drug-likeness (QED) is 0.634. The third-order valence-electron chi connectivity index (χ3n) is 1.58. The fraction of sp³-hybridized carbons (Fsp3) is 0.200. The van der Waals surface area contributed by atoms with Crippen LogP contribution in [0.15, 0.2) is 24.3 Å². The number of ether oxygens (including phenoxy) is 1. The van der Waals surface area contributed by atoms with Gasteiger partial charge in [0, 0.05) is 6.07 Å². The van der Waals surface area contributed by atoms with Crippen LogP contribution in [0, 0.1) is 0 Å². The van der Waals surface area contributed by atoms with E-state index in [9.17, 15) is 4.79 Å². The maximum absolute atomic E-state index is 10.7. The van der Waals surface area contributed by atoms with Crippen LogP contribution in [0.25, 0.3) is 0 Å². The summed E-state index contributed by atoms with van der Waals surface area (Å²) in [5.41, 5.74) is 0.0606. The lowest BCUT2D eigenvalue weighted by atomic mass is 10.3. The Morgan fingerprint density at radius 3 is 3.00 bits per heavy atom. The number of allylic oxidation sites excluding steroid dienone is 1. The van der Waals surface area contributed by atoms with Crippen molar-refractivity contribution >= 4 is 17.6 Å². The summed E-state index contributed by atoms with van der Waals surface area (Å²) >= 11 is 5.63. The number of pyridine rings is 1. The van der Waals surface area contributed by atoms with Gasteiger partial charge in [0.05, 0.1) is 5.56 Å². The van der Waals surface area contributed by atoms with E-state index in [1.165, 1.54) is 12.1 Å². The molecule has 5 heteroatoms. The Kier molecular flexibility index (Phi) is 4.12. The number of hydrogen-bond acceptors (Lipinski definition) is 3. The van der Waals surface area contributed by atoms with Crippen LogP contribution in [0.1, 0.15) is 17.3 Å². The van der Waals surface area contributed by atoms with Gasteiger partial charge in [0.2, 0.25) is 5.88 Å². The fourth-order valence-electron chi connectivity index (χ4n) is 0.900. The molecule has 4 nitrogen and oxygen atoms in total. The Bertz CT molecular complexity index is 390. The lowest BCUT2D eigenvalue weighted by Gasteiger charge is -2.03. The zero-order chi connectivity index (χ0) is 11.3. The highest BCUT2D eigenvalue weighted by molar-refractivity contribution is 6.29. The highest BCUT2D eigenvalue weighted by Crippen LogP contribution is 2.16. The Labute approximate surface area is 92.2 Å². The van der Waals surface area contributed by atoms with E-state index in [0.29, 0.717) is 6.61 Å². The molecule has 0 aliphatic rings. The number of carboxylic acids is 1. The second-order valence-electron chi connectivity index (χ2n) is 2.70. The van der Waals surface area contributed by atoms with Gasteiger partial charge in [-0.1, -0.05) is 23.8 Å². The Hall–Kier alpha value is -1.55. The van der Waals surface area contributed by atoms with Crippen LogP contribution in [0.2, 0.25) is 5.15 Å². The smallest absolute Gasteiger partial charge is 0.335 e. The molecule has 1 heterocycles. The molecule has 0 atom stereocenters. The molecule has 1 rings (SSSR count). The van der Waals surface area contributed by atoms with E-state index < -0.39 is 5.97 Å². The van der Waals surface area contributed by atoms with Gasteiger partial charge in [-0.2, -0.15) is 0 Å². The monoisotopic (exact) mass is 227 g/mol. The molecule has 0 unspecified atom stereocenters. The van der Waals surface area contributed by atoms with Crippen molar-refractivity contribution in [1.29, 1.82) is 0 Å². The van der Waals surface area contributed by atoms with Gasteiger partial charge in [0.25, 0.3) is 0 Å². The van der Waals surface area contributed by atoms with Gasteiger partial charge in [-0.3, -0.25) is 0 Å². The summed E-state index contributed by atoms with van der Waals surface area (Å²) in [5, 5.41) is 8.85. The van der Waals surface area contributed by atoms with E-state index in [1.54, 1.807) is 6.08 Å². The van der Waals surface area contributed by atoms with Crippen molar-refractivity contribution in [2.24, 2.45) is 0 Å². The minimum Gasteiger partial charge on any atom is -0.478 e. The first kappa shape index (κ1) is 11.5. The van der Waals surface area contributed by atoms with E-state index in [1.807, 2.05) is 13.0 Å². The minimum atomic E-state index is -1.06. The predicted octanol–water partition coefficient (Wildman–Crippen LogP) is 2.39. The SMILES string of the molecule is CC=CCOc1cc(C(=O)O)cc(Cl)n1. The zero-order valence-corrected chi connectivity index (χ0v) is 8.86. The van der Waals surface area contributed by atoms with Gasteiger partial charge in [-0.25, -0.2) is 9.78 Å². The van der Waals surface area contributed by atoms with Crippen LogP contribution < -0.4 is 4.74 Å². The van der Waals surface area contributed by atoms with Crippen molar-refractivity contribution in [3.63, 3.8) is 0 Å². The van der Waals surface area contributed by atoms with Gasteiger partial charge in [0.15, 0.2) is 0 Å². The molecule has 1 aromatic heterocycles. The van der Waals surface area contributed by atoms with Gasteiger partial charge in [-0.15, -0.1) is 0 Å². The average molecular weight is 228 g/mol. The molecule has 0 aliphatic heterocycles. The molecule has 0 radical (unpaired) electrons. The molecule has 0 amide bonds.